The molecule has 2 rings (SSSR count). The van der Waals surface area contributed by atoms with E-state index in [4.69, 9.17) is 16.0 Å². The smallest absolute Gasteiger partial charge is 0.234 e. The standard InChI is InChI=1S/C17H22ClN3O2/c1-17(2,3)20-15(22)10-21(4)11-16-19-9-14(23-16)12-6-5-7-13(18)8-12/h5-9H,10-11H2,1-4H3,(H,20,22). The number of nitrogens with zero attached hydrogens (tertiary/aromatic N) is 2. The van der Waals surface area contributed by atoms with Crippen molar-refractivity contribution in [2.24, 2.45) is 0 Å². The van der Waals surface area contributed by atoms with Crippen molar-refractivity contribution < 1.29 is 9.21 Å². The van der Waals surface area contributed by atoms with E-state index in [0.717, 1.165) is 5.56 Å². The van der Waals surface area contributed by atoms with Gasteiger partial charge in [-0.15, -0.1) is 0 Å². The fourth-order valence-electron chi connectivity index (χ4n) is 2.15. The molecular formula is C17H22ClN3O2. The van der Waals surface area contributed by atoms with Gasteiger partial charge in [0.15, 0.2) is 5.76 Å². The van der Waals surface area contributed by atoms with Gasteiger partial charge in [-0.1, -0.05) is 23.7 Å². The van der Waals surface area contributed by atoms with Gasteiger partial charge in [-0.2, -0.15) is 0 Å². The highest BCUT2D eigenvalue weighted by atomic mass is 35.5. The monoisotopic (exact) mass is 335 g/mol. The zero-order chi connectivity index (χ0) is 17.0. The van der Waals surface area contributed by atoms with Gasteiger partial charge in [-0.05, 0) is 40.0 Å². The number of carbonyl (C=O) groups excluding carboxylic acids is 1. The third kappa shape index (κ3) is 5.69. The molecule has 0 aliphatic rings. The molecule has 0 atom stereocenters. The van der Waals surface area contributed by atoms with E-state index >= 15 is 0 Å². The first-order valence-corrected chi connectivity index (χ1v) is 7.81. The van der Waals surface area contributed by atoms with Crippen LogP contribution >= 0.6 is 11.6 Å². The van der Waals surface area contributed by atoms with Crippen LogP contribution in [0.4, 0.5) is 0 Å². The van der Waals surface area contributed by atoms with Crippen LogP contribution in [-0.2, 0) is 11.3 Å². The highest BCUT2D eigenvalue weighted by molar-refractivity contribution is 6.30. The van der Waals surface area contributed by atoms with E-state index in [1.165, 1.54) is 0 Å². The Labute approximate surface area is 141 Å². The van der Waals surface area contributed by atoms with Gasteiger partial charge >= 0.3 is 0 Å². The number of rotatable bonds is 5. The number of hydrogen-bond acceptors (Lipinski definition) is 4. The van der Waals surface area contributed by atoms with E-state index in [-0.39, 0.29) is 18.0 Å². The fraction of sp³-hybridized carbons (Fsp3) is 0.412. The molecule has 2 aromatic rings. The number of halogens is 1. The van der Waals surface area contributed by atoms with Crippen LogP contribution in [-0.4, -0.2) is 34.9 Å². The summed E-state index contributed by atoms with van der Waals surface area (Å²) in [4.78, 5) is 18.0. The molecule has 1 heterocycles. The summed E-state index contributed by atoms with van der Waals surface area (Å²) in [6.07, 6.45) is 1.67. The molecule has 5 nitrogen and oxygen atoms in total. The first kappa shape index (κ1) is 17.5. The third-order valence-electron chi connectivity index (χ3n) is 3.00. The van der Waals surface area contributed by atoms with Gasteiger partial charge in [0.25, 0.3) is 0 Å². The Morgan fingerprint density at radius 1 is 1.39 bits per heavy atom. The highest BCUT2D eigenvalue weighted by Crippen LogP contribution is 2.23. The Hall–Kier alpha value is -1.85. The van der Waals surface area contributed by atoms with Crippen molar-refractivity contribution in [2.75, 3.05) is 13.6 Å². The number of hydrogen-bond donors (Lipinski definition) is 1. The van der Waals surface area contributed by atoms with E-state index in [0.29, 0.717) is 23.2 Å². The maximum Gasteiger partial charge on any atom is 0.234 e. The Balaban J connectivity index is 1.95. The Bertz CT molecular complexity index is 676. The van der Waals surface area contributed by atoms with Crippen LogP contribution in [0, 0.1) is 0 Å². The average Bonchev–Trinajstić information content (AvgIpc) is 2.84. The molecule has 1 N–H and O–H groups in total. The number of benzene rings is 1. The van der Waals surface area contributed by atoms with Crippen molar-refractivity contribution in [1.82, 2.24) is 15.2 Å². The minimum atomic E-state index is -0.236. The van der Waals surface area contributed by atoms with E-state index < -0.39 is 0 Å². The molecule has 0 fully saturated rings. The molecule has 1 aromatic heterocycles. The number of amides is 1. The topological polar surface area (TPSA) is 58.4 Å². The van der Waals surface area contributed by atoms with Crippen LogP contribution in [0.2, 0.25) is 5.02 Å². The van der Waals surface area contributed by atoms with E-state index in [2.05, 4.69) is 10.3 Å². The van der Waals surface area contributed by atoms with Crippen LogP contribution < -0.4 is 5.32 Å². The van der Waals surface area contributed by atoms with Crippen molar-refractivity contribution in [3.05, 3.63) is 41.4 Å². The molecule has 0 unspecified atom stereocenters. The molecule has 0 bridgehead atoms. The summed E-state index contributed by atoms with van der Waals surface area (Å²) in [6.45, 7) is 6.60. The average molecular weight is 336 g/mol. The molecule has 1 amide bonds. The normalized spacial score (nSPS) is 11.7. The lowest BCUT2D eigenvalue weighted by atomic mass is 10.1. The van der Waals surface area contributed by atoms with Crippen LogP contribution in [0.3, 0.4) is 0 Å². The van der Waals surface area contributed by atoms with Crippen LogP contribution in [0.25, 0.3) is 11.3 Å². The third-order valence-corrected chi connectivity index (χ3v) is 3.23. The molecule has 124 valence electrons. The molecule has 23 heavy (non-hydrogen) atoms. The first-order valence-electron chi connectivity index (χ1n) is 7.43. The SMILES string of the molecule is CN(CC(=O)NC(C)(C)C)Cc1ncc(-c2cccc(Cl)c2)o1. The summed E-state index contributed by atoms with van der Waals surface area (Å²) in [7, 11) is 1.85. The quantitative estimate of drug-likeness (QED) is 0.910. The molecule has 0 aliphatic carbocycles. The van der Waals surface area contributed by atoms with Crippen LogP contribution in [0.15, 0.2) is 34.9 Å². The first-order chi connectivity index (χ1) is 10.7. The summed E-state index contributed by atoms with van der Waals surface area (Å²) in [5, 5.41) is 3.58. The van der Waals surface area contributed by atoms with Crippen molar-refractivity contribution in [3.63, 3.8) is 0 Å². The molecule has 6 heteroatoms. The minimum absolute atomic E-state index is 0.0263. The number of nitrogens with one attached hydrogen (secondary N) is 1. The van der Waals surface area contributed by atoms with Gasteiger partial charge in [0, 0.05) is 16.1 Å². The second-order valence-electron chi connectivity index (χ2n) is 6.60. The number of oxazole rings is 1. The molecule has 0 spiro atoms. The summed E-state index contributed by atoms with van der Waals surface area (Å²) in [6, 6.07) is 7.41. The lowest BCUT2D eigenvalue weighted by Crippen LogP contribution is -2.45. The van der Waals surface area contributed by atoms with Crippen molar-refractivity contribution in [3.8, 4) is 11.3 Å². The largest absolute Gasteiger partial charge is 0.439 e. The van der Waals surface area contributed by atoms with E-state index in [1.807, 2.05) is 57.0 Å². The molecule has 0 saturated heterocycles. The Morgan fingerprint density at radius 3 is 2.78 bits per heavy atom. The number of aromatic nitrogens is 1. The lowest BCUT2D eigenvalue weighted by molar-refractivity contribution is -0.123. The van der Waals surface area contributed by atoms with Crippen molar-refractivity contribution in [1.29, 1.82) is 0 Å². The summed E-state index contributed by atoms with van der Waals surface area (Å²) in [5.41, 5.74) is 0.644. The molecule has 0 saturated carbocycles. The zero-order valence-corrected chi connectivity index (χ0v) is 14.6. The molecule has 0 aliphatic heterocycles. The predicted octanol–water partition coefficient (Wildman–Crippen LogP) is 3.34. The fourth-order valence-corrected chi connectivity index (χ4v) is 2.34. The zero-order valence-electron chi connectivity index (χ0n) is 13.9. The predicted molar refractivity (Wildman–Crippen MR) is 91.2 cm³/mol. The lowest BCUT2D eigenvalue weighted by Gasteiger charge is -2.22. The van der Waals surface area contributed by atoms with Gasteiger partial charge in [0.1, 0.15) is 0 Å². The molecule has 0 radical (unpaired) electrons. The van der Waals surface area contributed by atoms with E-state index in [1.54, 1.807) is 6.20 Å². The maximum absolute atomic E-state index is 11.9. The van der Waals surface area contributed by atoms with Crippen molar-refractivity contribution >= 4 is 17.5 Å². The van der Waals surface area contributed by atoms with Gasteiger partial charge in [0.2, 0.25) is 11.8 Å². The second-order valence-corrected chi connectivity index (χ2v) is 7.04. The van der Waals surface area contributed by atoms with Gasteiger partial charge in [-0.25, -0.2) is 4.98 Å². The summed E-state index contributed by atoms with van der Waals surface area (Å²) < 4.78 is 5.73. The Morgan fingerprint density at radius 2 is 2.13 bits per heavy atom. The maximum atomic E-state index is 11.9. The second kappa shape index (κ2) is 7.15. The van der Waals surface area contributed by atoms with E-state index in [9.17, 15) is 4.79 Å². The van der Waals surface area contributed by atoms with Gasteiger partial charge in [-0.3, -0.25) is 9.69 Å². The molecule has 1 aromatic carbocycles. The minimum Gasteiger partial charge on any atom is -0.439 e. The highest BCUT2D eigenvalue weighted by Gasteiger charge is 2.16. The summed E-state index contributed by atoms with van der Waals surface area (Å²) in [5.74, 6) is 1.20. The molecular weight excluding hydrogens is 314 g/mol. The van der Waals surface area contributed by atoms with Crippen LogP contribution in [0.1, 0.15) is 26.7 Å². The van der Waals surface area contributed by atoms with Crippen LogP contribution in [0.5, 0.6) is 0 Å². The number of carbonyl (C=O) groups is 1. The van der Waals surface area contributed by atoms with Gasteiger partial charge < -0.3 is 9.73 Å². The Kier molecular flexibility index (Phi) is 5.44. The van der Waals surface area contributed by atoms with Gasteiger partial charge in [0.05, 0.1) is 19.3 Å². The summed E-state index contributed by atoms with van der Waals surface area (Å²) >= 11 is 5.98. The van der Waals surface area contributed by atoms with Crippen molar-refractivity contribution in [2.45, 2.75) is 32.9 Å². The number of likely N-dealkylation sites (N-methyl/N-ethyl adjacent to an activating group) is 1.